The summed E-state index contributed by atoms with van der Waals surface area (Å²) in [7, 11) is 0. The van der Waals surface area contributed by atoms with Crippen molar-refractivity contribution in [1.82, 2.24) is 15.1 Å². The van der Waals surface area contributed by atoms with Gasteiger partial charge in [0.15, 0.2) is 0 Å². The Morgan fingerprint density at radius 2 is 1.84 bits per heavy atom. The summed E-state index contributed by atoms with van der Waals surface area (Å²) in [6.45, 7) is 6.75. The van der Waals surface area contributed by atoms with E-state index in [0.717, 1.165) is 49.2 Å². The molecule has 0 aromatic heterocycles. The first-order chi connectivity index (χ1) is 18.2. The van der Waals surface area contributed by atoms with E-state index in [1.54, 1.807) is 11.0 Å². The highest BCUT2D eigenvalue weighted by Gasteiger charge is 2.53. The number of aliphatic hydroxyl groups is 1. The molecule has 8 heteroatoms. The molecule has 3 aliphatic heterocycles. The standard InChI is InChI=1S/C30H34N4O4/c1-3-29(4-2)19-33(17-21-7-5-20(16-31)6-8-21)14-13-30(29,38)23-9-10-24-22(15-23)18-34(28(24)37)25-11-12-26(35)32-27(25)36/h5-10,15,25,38H,3-4,11-14,17-19H2,1-2H3,(H,32,35,36)/t25-,30+/m1/s1. The fourth-order valence-corrected chi connectivity index (χ4v) is 6.64. The summed E-state index contributed by atoms with van der Waals surface area (Å²) >= 11 is 0. The van der Waals surface area contributed by atoms with Gasteiger partial charge in [0.05, 0.1) is 17.2 Å². The molecule has 2 aromatic rings. The second kappa shape index (κ2) is 9.97. The van der Waals surface area contributed by atoms with Crippen LogP contribution in [0.25, 0.3) is 0 Å². The summed E-state index contributed by atoms with van der Waals surface area (Å²) < 4.78 is 0. The van der Waals surface area contributed by atoms with Crippen LogP contribution in [-0.2, 0) is 28.3 Å². The van der Waals surface area contributed by atoms with Crippen molar-refractivity contribution in [2.75, 3.05) is 13.1 Å². The van der Waals surface area contributed by atoms with E-state index in [0.29, 0.717) is 30.5 Å². The predicted molar refractivity (Wildman–Crippen MR) is 140 cm³/mol. The first-order valence-electron chi connectivity index (χ1n) is 13.5. The Kier molecular flexibility index (Phi) is 6.84. The quantitative estimate of drug-likeness (QED) is 0.573. The molecule has 0 unspecified atom stereocenters. The number of hydrogen-bond acceptors (Lipinski definition) is 6. The molecule has 2 saturated heterocycles. The summed E-state index contributed by atoms with van der Waals surface area (Å²) in [6, 6.07) is 14.8. The monoisotopic (exact) mass is 514 g/mol. The SMILES string of the molecule is CCC1(CC)CN(Cc2ccc(C#N)cc2)CC[C@]1(O)c1ccc2c(c1)CN([C@@H]1CCC(=O)NC1=O)C2=O. The Bertz CT molecular complexity index is 1310. The van der Waals surface area contributed by atoms with Gasteiger partial charge in [0, 0.05) is 43.6 Å². The lowest BCUT2D eigenvalue weighted by Gasteiger charge is -2.54. The Labute approximate surface area is 223 Å². The minimum atomic E-state index is -1.06. The smallest absolute Gasteiger partial charge is 0.255 e. The number of nitrogens with zero attached hydrogens (tertiary/aromatic N) is 3. The largest absolute Gasteiger partial charge is 0.384 e. The van der Waals surface area contributed by atoms with Gasteiger partial charge in [-0.1, -0.05) is 38.1 Å². The van der Waals surface area contributed by atoms with Crippen LogP contribution < -0.4 is 5.32 Å². The molecular formula is C30H34N4O4. The van der Waals surface area contributed by atoms with Gasteiger partial charge in [-0.3, -0.25) is 24.6 Å². The molecule has 8 nitrogen and oxygen atoms in total. The fourth-order valence-electron chi connectivity index (χ4n) is 6.64. The lowest BCUT2D eigenvalue weighted by Crippen LogP contribution is -2.57. The number of amides is 3. The van der Waals surface area contributed by atoms with Crippen LogP contribution in [0.1, 0.15) is 78.6 Å². The van der Waals surface area contributed by atoms with Gasteiger partial charge < -0.3 is 10.0 Å². The van der Waals surface area contributed by atoms with Gasteiger partial charge in [0.2, 0.25) is 11.8 Å². The summed E-state index contributed by atoms with van der Waals surface area (Å²) in [4.78, 5) is 41.1. The zero-order chi connectivity index (χ0) is 27.1. The van der Waals surface area contributed by atoms with E-state index in [-0.39, 0.29) is 23.7 Å². The number of rotatable bonds is 6. The van der Waals surface area contributed by atoms with Crippen LogP contribution >= 0.6 is 0 Å². The van der Waals surface area contributed by atoms with Gasteiger partial charge in [0.25, 0.3) is 5.91 Å². The van der Waals surface area contributed by atoms with Crippen LogP contribution in [0.3, 0.4) is 0 Å². The number of hydrogen-bond donors (Lipinski definition) is 2. The van der Waals surface area contributed by atoms with Crippen molar-refractivity contribution in [3.63, 3.8) is 0 Å². The number of piperidine rings is 2. The van der Waals surface area contributed by atoms with Gasteiger partial charge in [-0.15, -0.1) is 0 Å². The maximum Gasteiger partial charge on any atom is 0.255 e. The van der Waals surface area contributed by atoms with E-state index in [4.69, 9.17) is 5.26 Å². The fraction of sp³-hybridized carbons (Fsp3) is 0.467. The van der Waals surface area contributed by atoms with Gasteiger partial charge in [-0.2, -0.15) is 5.26 Å². The topological polar surface area (TPSA) is 114 Å². The molecule has 2 atom stereocenters. The van der Waals surface area contributed by atoms with E-state index >= 15 is 0 Å². The predicted octanol–water partition coefficient (Wildman–Crippen LogP) is 3.22. The second-order valence-corrected chi connectivity index (χ2v) is 10.9. The lowest BCUT2D eigenvalue weighted by atomic mass is 9.61. The van der Waals surface area contributed by atoms with Crippen molar-refractivity contribution in [3.8, 4) is 6.07 Å². The van der Waals surface area contributed by atoms with Crippen LogP contribution in [0.2, 0.25) is 0 Å². The number of nitrogens with one attached hydrogen (secondary N) is 1. The highest BCUT2D eigenvalue weighted by atomic mass is 16.3. The number of imide groups is 1. The molecule has 2 aromatic carbocycles. The Hall–Kier alpha value is -3.54. The Morgan fingerprint density at radius 3 is 2.50 bits per heavy atom. The molecular weight excluding hydrogens is 480 g/mol. The summed E-state index contributed by atoms with van der Waals surface area (Å²) in [5.74, 6) is -0.935. The molecule has 3 amide bonds. The van der Waals surface area contributed by atoms with E-state index < -0.39 is 17.6 Å². The molecule has 3 heterocycles. The maximum absolute atomic E-state index is 13.2. The van der Waals surface area contributed by atoms with Gasteiger partial charge >= 0.3 is 0 Å². The second-order valence-electron chi connectivity index (χ2n) is 10.9. The van der Waals surface area contributed by atoms with E-state index in [2.05, 4.69) is 30.1 Å². The molecule has 0 saturated carbocycles. The molecule has 5 rings (SSSR count). The first kappa shape index (κ1) is 26.1. The third kappa shape index (κ3) is 4.30. The Morgan fingerprint density at radius 1 is 1.11 bits per heavy atom. The van der Waals surface area contributed by atoms with Crippen LogP contribution in [-0.4, -0.2) is 51.8 Å². The van der Waals surface area contributed by atoms with E-state index in [9.17, 15) is 19.5 Å². The molecule has 0 aliphatic carbocycles. The van der Waals surface area contributed by atoms with Crippen molar-refractivity contribution in [2.24, 2.45) is 5.41 Å². The van der Waals surface area contributed by atoms with Crippen LogP contribution in [0.5, 0.6) is 0 Å². The van der Waals surface area contributed by atoms with Crippen LogP contribution in [0.4, 0.5) is 0 Å². The average Bonchev–Trinajstić information content (AvgIpc) is 3.25. The van der Waals surface area contributed by atoms with Crippen molar-refractivity contribution in [2.45, 2.75) is 70.7 Å². The third-order valence-corrected chi connectivity index (χ3v) is 9.04. The van der Waals surface area contributed by atoms with Crippen LogP contribution in [0, 0.1) is 16.7 Å². The molecule has 0 radical (unpaired) electrons. The van der Waals surface area contributed by atoms with Crippen molar-refractivity contribution in [1.29, 1.82) is 5.26 Å². The Balaban J connectivity index is 1.38. The van der Waals surface area contributed by atoms with Crippen molar-refractivity contribution < 1.29 is 19.5 Å². The van der Waals surface area contributed by atoms with Crippen molar-refractivity contribution in [3.05, 3.63) is 70.3 Å². The molecule has 0 bridgehead atoms. The van der Waals surface area contributed by atoms with Gasteiger partial charge in [-0.05, 0) is 60.6 Å². The van der Waals surface area contributed by atoms with E-state index in [1.807, 2.05) is 36.4 Å². The molecule has 2 N–H and O–H groups in total. The maximum atomic E-state index is 13.2. The summed E-state index contributed by atoms with van der Waals surface area (Å²) in [5, 5.41) is 23.8. The number of nitriles is 1. The number of benzene rings is 2. The molecule has 0 spiro atoms. The zero-order valence-electron chi connectivity index (χ0n) is 22.0. The minimum Gasteiger partial charge on any atom is -0.384 e. The molecule has 3 aliphatic rings. The van der Waals surface area contributed by atoms with Crippen LogP contribution in [0.15, 0.2) is 42.5 Å². The zero-order valence-corrected chi connectivity index (χ0v) is 22.0. The van der Waals surface area contributed by atoms with Crippen molar-refractivity contribution >= 4 is 17.7 Å². The number of carbonyl (C=O) groups excluding carboxylic acids is 3. The average molecular weight is 515 g/mol. The molecule has 38 heavy (non-hydrogen) atoms. The van der Waals surface area contributed by atoms with E-state index in [1.165, 1.54) is 0 Å². The minimum absolute atomic E-state index is 0.206. The summed E-state index contributed by atoms with van der Waals surface area (Å²) in [6.07, 6.45) is 2.69. The van der Waals surface area contributed by atoms with Gasteiger partial charge in [0.1, 0.15) is 6.04 Å². The third-order valence-electron chi connectivity index (χ3n) is 9.04. The molecule has 198 valence electrons. The summed E-state index contributed by atoms with van der Waals surface area (Å²) in [5.41, 5.74) is 2.53. The number of carbonyl (C=O) groups is 3. The highest BCUT2D eigenvalue weighted by molar-refractivity contribution is 6.05. The van der Waals surface area contributed by atoms with Gasteiger partial charge in [-0.25, -0.2) is 0 Å². The normalized spacial score (nSPS) is 25.2. The highest BCUT2D eigenvalue weighted by Crippen LogP contribution is 2.51. The number of fused-ring (bicyclic) bond motifs is 1. The molecule has 2 fully saturated rings. The first-order valence-corrected chi connectivity index (χ1v) is 13.5. The number of likely N-dealkylation sites (tertiary alicyclic amines) is 1. The lowest BCUT2D eigenvalue weighted by molar-refractivity contribution is -0.148.